The molecule has 0 bridgehead atoms. The van der Waals surface area contributed by atoms with Gasteiger partial charge in [-0.15, -0.1) is 0 Å². The van der Waals surface area contributed by atoms with Crippen LogP contribution in [0.3, 0.4) is 0 Å². The van der Waals surface area contributed by atoms with Crippen LogP contribution < -0.4 is 0 Å². The Balaban J connectivity index is 2.28. The van der Waals surface area contributed by atoms with Crippen molar-refractivity contribution in [1.29, 1.82) is 0 Å². The summed E-state index contributed by atoms with van der Waals surface area (Å²) < 4.78 is 2.11. The van der Waals surface area contributed by atoms with Gasteiger partial charge in [0.25, 0.3) is 0 Å². The molecule has 0 saturated heterocycles. The molecule has 0 fully saturated rings. The Morgan fingerprint density at radius 3 is 2.93 bits per heavy atom. The van der Waals surface area contributed by atoms with Gasteiger partial charge in [0.05, 0.1) is 17.4 Å². The molecule has 0 unspecified atom stereocenters. The van der Waals surface area contributed by atoms with E-state index in [1.807, 2.05) is 24.4 Å². The lowest BCUT2D eigenvalue weighted by Crippen LogP contribution is -1.91. The molecule has 0 N–H and O–H groups in total. The number of aromatic nitrogens is 2. The first-order chi connectivity index (χ1) is 7.45. The van der Waals surface area contributed by atoms with E-state index in [2.05, 4.69) is 40.0 Å². The van der Waals surface area contributed by atoms with Crippen LogP contribution in [-0.2, 0) is 0 Å². The van der Waals surface area contributed by atoms with E-state index >= 15 is 0 Å². The van der Waals surface area contributed by atoms with Gasteiger partial charge in [-0.05, 0) is 23.6 Å². The fourth-order valence-electron chi connectivity index (χ4n) is 1.76. The zero-order valence-electron chi connectivity index (χ0n) is 8.09. The normalized spacial score (nSPS) is 10.7. The average molecular weight is 193 g/mol. The van der Waals surface area contributed by atoms with Crippen LogP contribution in [-0.4, -0.2) is 9.55 Å². The zero-order valence-corrected chi connectivity index (χ0v) is 8.09. The third-order valence-electron chi connectivity index (χ3n) is 2.46. The van der Waals surface area contributed by atoms with Crippen molar-refractivity contribution in [3.63, 3.8) is 0 Å². The molecule has 1 aromatic carbocycles. The minimum absolute atomic E-state index is 1.04. The van der Waals surface area contributed by atoms with Crippen molar-refractivity contribution in [1.82, 2.24) is 9.55 Å². The van der Waals surface area contributed by atoms with Crippen LogP contribution in [0.4, 0.5) is 0 Å². The molecule has 0 spiro atoms. The van der Waals surface area contributed by atoms with Crippen molar-refractivity contribution in [2.45, 2.75) is 0 Å². The second-order valence-corrected chi connectivity index (χ2v) is 3.39. The molecule has 71 valence electrons. The lowest BCUT2D eigenvalue weighted by Gasteiger charge is -2.03. The van der Waals surface area contributed by atoms with E-state index in [9.17, 15) is 0 Å². The quantitative estimate of drug-likeness (QED) is 0.581. The summed E-state index contributed by atoms with van der Waals surface area (Å²) in [5, 5.41) is 1.24. The lowest BCUT2D eigenvalue weighted by atomic mass is 10.2. The molecule has 0 aliphatic carbocycles. The molecule has 1 radical (unpaired) electrons. The number of fused-ring (bicyclic) bond motifs is 1. The summed E-state index contributed by atoms with van der Waals surface area (Å²) in [7, 11) is 0. The van der Waals surface area contributed by atoms with Crippen molar-refractivity contribution < 1.29 is 0 Å². The van der Waals surface area contributed by atoms with E-state index < -0.39 is 0 Å². The van der Waals surface area contributed by atoms with Crippen LogP contribution in [0.25, 0.3) is 16.6 Å². The minimum atomic E-state index is 1.04. The number of hydrogen-bond donors (Lipinski definition) is 0. The highest BCUT2D eigenvalue weighted by molar-refractivity contribution is 5.81. The Labute approximate surface area is 87.8 Å². The van der Waals surface area contributed by atoms with E-state index in [1.54, 1.807) is 6.20 Å². The van der Waals surface area contributed by atoms with E-state index in [-0.39, 0.29) is 0 Å². The summed E-state index contributed by atoms with van der Waals surface area (Å²) in [6, 6.07) is 15.3. The predicted octanol–water partition coefficient (Wildman–Crippen LogP) is 2.83. The molecule has 2 heterocycles. The van der Waals surface area contributed by atoms with Crippen LogP contribution in [0.2, 0.25) is 0 Å². The molecule has 0 aliphatic rings. The van der Waals surface area contributed by atoms with Crippen LogP contribution in [0.5, 0.6) is 0 Å². The Hall–Kier alpha value is -2.09. The fourth-order valence-corrected chi connectivity index (χ4v) is 1.76. The van der Waals surface area contributed by atoms with Crippen molar-refractivity contribution in [3.05, 3.63) is 61.1 Å². The summed E-state index contributed by atoms with van der Waals surface area (Å²) in [5.41, 5.74) is 2.23. The molecule has 0 aliphatic heterocycles. The molecule has 15 heavy (non-hydrogen) atoms. The molecule has 2 nitrogen and oxygen atoms in total. The summed E-state index contributed by atoms with van der Waals surface area (Å²) in [5.74, 6) is 0. The number of hydrogen-bond acceptors (Lipinski definition) is 1. The van der Waals surface area contributed by atoms with Gasteiger partial charge in [-0.25, -0.2) is 0 Å². The van der Waals surface area contributed by atoms with Crippen molar-refractivity contribution in [2.75, 3.05) is 0 Å². The van der Waals surface area contributed by atoms with Crippen LogP contribution in [0.15, 0.2) is 55.0 Å². The van der Waals surface area contributed by atoms with Gasteiger partial charge >= 0.3 is 0 Å². The largest absolute Gasteiger partial charge is 0.315 e. The number of para-hydroxylation sites is 1. The van der Waals surface area contributed by atoms with Crippen LogP contribution in [0, 0.1) is 6.07 Å². The molecule has 0 saturated carbocycles. The first kappa shape index (κ1) is 8.24. The van der Waals surface area contributed by atoms with E-state index in [0.717, 1.165) is 5.69 Å². The number of pyridine rings is 1. The van der Waals surface area contributed by atoms with Crippen LogP contribution >= 0.6 is 0 Å². The first-order valence-electron chi connectivity index (χ1n) is 4.83. The van der Waals surface area contributed by atoms with Gasteiger partial charge in [-0.2, -0.15) is 0 Å². The van der Waals surface area contributed by atoms with Gasteiger partial charge in [0, 0.05) is 18.5 Å². The predicted molar refractivity (Wildman–Crippen MR) is 59.9 cm³/mol. The van der Waals surface area contributed by atoms with Gasteiger partial charge in [-0.1, -0.05) is 18.2 Å². The third-order valence-corrected chi connectivity index (χ3v) is 2.46. The molecular formula is C13H9N2. The fraction of sp³-hybridized carbons (Fsp3) is 0. The standard InChI is InChI=1S/C13H9N2/c1-2-6-13-11(4-1)7-9-15(13)12-5-3-8-14-10-12/h1-2,4-10H. The highest BCUT2D eigenvalue weighted by Gasteiger charge is 2.00. The number of rotatable bonds is 1. The average Bonchev–Trinajstić information content (AvgIpc) is 2.74. The van der Waals surface area contributed by atoms with Crippen molar-refractivity contribution in [3.8, 4) is 5.69 Å². The maximum Gasteiger partial charge on any atom is 0.0645 e. The smallest absolute Gasteiger partial charge is 0.0645 e. The van der Waals surface area contributed by atoms with Gasteiger partial charge in [0.15, 0.2) is 0 Å². The molecule has 2 heteroatoms. The van der Waals surface area contributed by atoms with Crippen molar-refractivity contribution in [2.24, 2.45) is 0 Å². The van der Waals surface area contributed by atoms with Gasteiger partial charge in [-0.3, -0.25) is 4.98 Å². The summed E-state index contributed by atoms with van der Waals surface area (Å²) >= 11 is 0. The third kappa shape index (κ3) is 1.31. The van der Waals surface area contributed by atoms with Crippen molar-refractivity contribution >= 4 is 10.9 Å². The summed E-state index contributed by atoms with van der Waals surface area (Å²) in [6.45, 7) is 0. The summed E-state index contributed by atoms with van der Waals surface area (Å²) in [6.07, 6.45) is 5.55. The van der Waals surface area contributed by atoms with Gasteiger partial charge < -0.3 is 4.57 Å². The SMILES string of the molecule is [c]1cncc(-n2ccc3ccccc32)c1. The van der Waals surface area contributed by atoms with E-state index in [4.69, 9.17) is 0 Å². The summed E-state index contributed by atoms with van der Waals surface area (Å²) in [4.78, 5) is 4.07. The Kier molecular flexibility index (Phi) is 1.78. The van der Waals surface area contributed by atoms with E-state index in [1.165, 1.54) is 10.9 Å². The maximum absolute atomic E-state index is 4.07. The Morgan fingerprint density at radius 2 is 2.07 bits per heavy atom. The van der Waals surface area contributed by atoms with Gasteiger partial charge in [0.1, 0.15) is 0 Å². The molecule has 3 aromatic rings. The maximum atomic E-state index is 4.07. The Bertz CT molecular complexity index is 582. The zero-order chi connectivity index (χ0) is 10.1. The van der Waals surface area contributed by atoms with Crippen LogP contribution in [0.1, 0.15) is 0 Å². The highest BCUT2D eigenvalue weighted by Crippen LogP contribution is 2.18. The first-order valence-corrected chi connectivity index (χ1v) is 4.83. The molecule has 3 rings (SSSR count). The monoisotopic (exact) mass is 193 g/mol. The second-order valence-electron chi connectivity index (χ2n) is 3.39. The molecule has 0 amide bonds. The highest BCUT2D eigenvalue weighted by atomic mass is 15.0. The van der Waals surface area contributed by atoms with Gasteiger partial charge in [0.2, 0.25) is 0 Å². The topological polar surface area (TPSA) is 17.8 Å². The molecule has 2 aromatic heterocycles. The molecule has 0 atom stereocenters. The minimum Gasteiger partial charge on any atom is -0.315 e. The number of nitrogens with zero attached hydrogens (tertiary/aromatic N) is 2. The second kappa shape index (κ2) is 3.24. The number of benzene rings is 1. The van der Waals surface area contributed by atoms with E-state index in [0.29, 0.717) is 0 Å². The molecular weight excluding hydrogens is 184 g/mol. The lowest BCUT2D eigenvalue weighted by molar-refractivity contribution is 1.10. The Morgan fingerprint density at radius 1 is 1.13 bits per heavy atom.